The molecule has 4 bridgehead atoms. The summed E-state index contributed by atoms with van der Waals surface area (Å²) in [5.41, 5.74) is 0. The van der Waals surface area contributed by atoms with Crippen molar-refractivity contribution in [2.45, 2.75) is 30.7 Å². The quantitative estimate of drug-likeness (QED) is 0.286. The molecule has 4 rings (SSSR count). The minimum atomic E-state index is -2.63. The first-order valence-corrected chi connectivity index (χ1v) is 11.3. The van der Waals surface area contributed by atoms with E-state index in [1.807, 2.05) is 0 Å². The van der Waals surface area contributed by atoms with Gasteiger partial charge in [0.15, 0.2) is 0 Å². The molecule has 4 heteroatoms. The van der Waals surface area contributed by atoms with Crippen molar-refractivity contribution < 1.29 is 0 Å². The summed E-state index contributed by atoms with van der Waals surface area (Å²) < 4.78 is 0. The Hall–Kier alpha value is 0.827. The summed E-state index contributed by atoms with van der Waals surface area (Å²) in [5.74, 6) is 4.15. The first-order valence-electron chi connectivity index (χ1n) is 6.29. The van der Waals surface area contributed by atoms with E-state index < -0.39 is 6.00 Å². The summed E-state index contributed by atoms with van der Waals surface area (Å²) in [5, 5.41) is 0.00678. The molecule has 4 aliphatic rings. The van der Waals surface area contributed by atoms with Crippen LogP contribution in [0, 0.1) is 29.6 Å². The second-order valence-corrected chi connectivity index (χ2v) is 15.0. The van der Waals surface area contributed by atoms with E-state index in [1.54, 1.807) is 0 Å². The van der Waals surface area contributed by atoms with Crippen molar-refractivity contribution in [3.8, 4) is 0 Å². The highest BCUT2D eigenvalue weighted by Gasteiger charge is 2.70. The lowest BCUT2D eigenvalue weighted by Crippen LogP contribution is -2.39. The summed E-state index contributed by atoms with van der Waals surface area (Å²) in [6, 6.07) is -2.63. The van der Waals surface area contributed by atoms with Crippen molar-refractivity contribution in [1.29, 1.82) is 0 Å². The van der Waals surface area contributed by atoms with Crippen molar-refractivity contribution >= 4 is 39.2 Å². The Morgan fingerprint density at radius 1 is 1.12 bits per heavy atom. The molecule has 0 aromatic heterocycles. The van der Waals surface area contributed by atoms with Gasteiger partial charge in [0.25, 0.3) is 0 Å². The minimum absolute atomic E-state index is 0.00678. The van der Waals surface area contributed by atoms with Crippen LogP contribution in [0.4, 0.5) is 0 Å². The zero-order valence-electron chi connectivity index (χ0n) is 9.00. The van der Waals surface area contributed by atoms with Crippen molar-refractivity contribution in [1.82, 2.24) is 0 Å². The number of halogens is 3. The highest BCUT2D eigenvalue weighted by Crippen LogP contribution is 2.77. The lowest BCUT2D eigenvalue weighted by Gasteiger charge is -2.42. The number of allylic oxidation sites excluding steroid dienone is 2. The molecular formula is C12H15Cl3Si. The Labute approximate surface area is 111 Å². The van der Waals surface area contributed by atoms with Crippen LogP contribution < -0.4 is 0 Å². The minimum Gasteiger partial charge on any atom is -0.125 e. The molecule has 0 saturated heterocycles. The summed E-state index contributed by atoms with van der Waals surface area (Å²) in [6.45, 7) is 0. The molecule has 0 aromatic carbocycles. The molecule has 4 aliphatic carbocycles. The van der Waals surface area contributed by atoms with Crippen LogP contribution in [0.1, 0.15) is 25.7 Å². The molecule has 0 radical (unpaired) electrons. The molecule has 3 saturated carbocycles. The first-order chi connectivity index (χ1) is 7.53. The smallest absolute Gasteiger partial charge is 0.125 e. The van der Waals surface area contributed by atoms with Crippen LogP contribution in [-0.4, -0.2) is 6.00 Å². The van der Waals surface area contributed by atoms with E-state index in [0.717, 1.165) is 36.0 Å². The molecule has 3 fully saturated rings. The number of hydrogen-bond acceptors (Lipinski definition) is 0. The molecule has 6 unspecified atom stereocenters. The van der Waals surface area contributed by atoms with Gasteiger partial charge < -0.3 is 0 Å². The first kappa shape index (κ1) is 10.7. The van der Waals surface area contributed by atoms with Gasteiger partial charge in [-0.15, -0.1) is 33.2 Å². The molecule has 0 nitrogen and oxygen atoms in total. The third-order valence-corrected chi connectivity index (χ3v) is 10.7. The van der Waals surface area contributed by atoms with Crippen LogP contribution in [0.3, 0.4) is 0 Å². The second-order valence-electron chi connectivity index (χ2n) is 6.20. The van der Waals surface area contributed by atoms with Gasteiger partial charge in [-0.3, -0.25) is 0 Å². The van der Waals surface area contributed by atoms with E-state index in [-0.39, 0.29) is 5.04 Å². The molecule has 0 N–H and O–H groups in total. The standard InChI is InChI=1S/C12H15Cl3Si/c13-16(14,15)12-4-3-9(6-12)10-7-1-2-8(5-7)11(10)12/h3-4,7-11H,1-2,5-6H2. The monoisotopic (exact) mass is 292 g/mol. The van der Waals surface area contributed by atoms with E-state index in [1.165, 1.54) is 19.3 Å². The molecule has 88 valence electrons. The van der Waals surface area contributed by atoms with Crippen LogP contribution in [0.5, 0.6) is 0 Å². The molecule has 0 aliphatic heterocycles. The SMILES string of the molecule is Cl[Si](Cl)(Cl)C12C=CC(C1)C1C3CCC(C3)C12. The van der Waals surface area contributed by atoms with Crippen molar-refractivity contribution in [2.75, 3.05) is 0 Å². The third kappa shape index (κ3) is 1.06. The van der Waals surface area contributed by atoms with Gasteiger partial charge in [-0.05, 0) is 55.3 Å². The van der Waals surface area contributed by atoms with E-state index in [9.17, 15) is 0 Å². The fourth-order valence-electron chi connectivity index (χ4n) is 5.45. The lowest BCUT2D eigenvalue weighted by molar-refractivity contribution is 0.210. The Morgan fingerprint density at radius 2 is 1.88 bits per heavy atom. The van der Waals surface area contributed by atoms with Gasteiger partial charge >= 0.3 is 6.00 Å². The van der Waals surface area contributed by atoms with E-state index in [4.69, 9.17) is 33.2 Å². The summed E-state index contributed by atoms with van der Waals surface area (Å²) in [4.78, 5) is 0. The van der Waals surface area contributed by atoms with Crippen molar-refractivity contribution in [3.63, 3.8) is 0 Å². The van der Waals surface area contributed by atoms with E-state index in [2.05, 4.69) is 12.2 Å². The van der Waals surface area contributed by atoms with E-state index in [0.29, 0.717) is 0 Å². The van der Waals surface area contributed by atoms with Crippen molar-refractivity contribution in [2.24, 2.45) is 29.6 Å². The molecule has 6 atom stereocenters. The van der Waals surface area contributed by atoms with Crippen molar-refractivity contribution in [3.05, 3.63) is 12.2 Å². The predicted molar refractivity (Wildman–Crippen MR) is 71.1 cm³/mol. The normalized spacial score (nSPS) is 57.3. The Morgan fingerprint density at radius 3 is 2.62 bits per heavy atom. The molecule has 0 spiro atoms. The predicted octanol–water partition coefficient (Wildman–Crippen LogP) is 4.63. The van der Waals surface area contributed by atoms with Gasteiger partial charge in [0.2, 0.25) is 0 Å². The average Bonchev–Trinajstić information content (AvgIpc) is 2.95. The summed E-state index contributed by atoms with van der Waals surface area (Å²) in [6.07, 6.45) is 10.1. The van der Waals surface area contributed by atoms with Gasteiger partial charge in [0.1, 0.15) is 0 Å². The molecule has 0 heterocycles. The maximum absolute atomic E-state index is 6.45. The Kier molecular flexibility index (Phi) is 2.04. The fraction of sp³-hybridized carbons (Fsp3) is 0.833. The second kappa shape index (κ2) is 3.04. The fourth-order valence-corrected chi connectivity index (χ4v) is 9.40. The summed E-state index contributed by atoms with van der Waals surface area (Å²) >= 11 is 19.3. The number of fused-ring (bicyclic) bond motifs is 9. The van der Waals surface area contributed by atoms with Gasteiger partial charge in [0, 0.05) is 5.04 Å². The maximum atomic E-state index is 6.45. The topological polar surface area (TPSA) is 0 Å². The molecule has 0 amide bonds. The average molecular weight is 294 g/mol. The molecule has 0 aromatic rings. The highest BCUT2D eigenvalue weighted by molar-refractivity contribution is 7.66. The number of hydrogen-bond donors (Lipinski definition) is 0. The Bertz CT molecular complexity index is 375. The lowest BCUT2D eigenvalue weighted by atomic mass is 9.73. The van der Waals surface area contributed by atoms with Crippen LogP contribution in [0.2, 0.25) is 5.04 Å². The van der Waals surface area contributed by atoms with E-state index >= 15 is 0 Å². The van der Waals surface area contributed by atoms with Gasteiger partial charge in [0.05, 0.1) is 0 Å². The van der Waals surface area contributed by atoms with Crippen LogP contribution in [-0.2, 0) is 0 Å². The number of rotatable bonds is 1. The van der Waals surface area contributed by atoms with Gasteiger partial charge in [-0.1, -0.05) is 12.2 Å². The van der Waals surface area contributed by atoms with Crippen LogP contribution >= 0.6 is 33.2 Å². The molecular weight excluding hydrogens is 279 g/mol. The van der Waals surface area contributed by atoms with Crippen LogP contribution in [0.25, 0.3) is 0 Å². The zero-order chi connectivity index (χ0) is 11.1. The maximum Gasteiger partial charge on any atom is 0.351 e. The van der Waals surface area contributed by atoms with Gasteiger partial charge in [-0.2, -0.15) is 0 Å². The zero-order valence-corrected chi connectivity index (χ0v) is 12.3. The largest absolute Gasteiger partial charge is 0.351 e. The Balaban J connectivity index is 1.83. The summed E-state index contributed by atoms with van der Waals surface area (Å²) in [7, 11) is 0. The highest BCUT2D eigenvalue weighted by atomic mass is 35.8. The molecule has 16 heavy (non-hydrogen) atoms. The third-order valence-electron chi connectivity index (χ3n) is 5.81. The van der Waals surface area contributed by atoms with Gasteiger partial charge in [-0.25, -0.2) is 0 Å². The van der Waals surface area contributed by atoms with Crippen LogP contribution in [0.15, 0.2) is 12.2 Å².